The highest BCUT2D eigenvalue weighted by atomic mass is 16.5. The molecule has 1 aliphatic heterocycles. The van der Waals surface area contributed by atoms with E-state index in [1.54, 1.807) is 50.9 Å². The Labute approximate surface area is 235 Å². The Morgan fingerprint density at radius 2 is 1.95 bits per heavy atom. The molecule has 0 aliphatic carbocycles. The normalized spacial score (nSPS) is 17.9. The minimum Gasteiger partial charge on any atom is -0.487 e. The number of aliphatic hydroxyl groups is 1. The van der Waals surface area contributed by atoms with Gasteiger partial charge in [-0.05, 0) is 66.0 Å². The van der Waals surface area contributed by atoms with E-state index < -0.39 is 12.1 Å². The van der Waals surface area contributed by atoms with E-state index in [2.05, 4.69) is 15.8 Å². The van der Waals surface area contributed by atoms with Gasteiger partial charge in [0, 0.05) is 31.6 Å². The summed E-state index contributed by atoms with van der Waals surface area (Å²) >= 11 is 0. The summed E-state index contributed by atoms with van der Waals surface area (Å²) in [5.41, 5.74) is 1.88. The highest BCUT2D eigenvalue weighted by Gasteiger charge is 2.34. The second-order valence-corrected chi connectivity index (χ2v) is 10.8. The Morgan fingerprint density at radius 3 is 2.58 bits per heavy atom. The number of aliphatic hydroxyl groups excluding tert-OH is 1. The van der Waals surface area contributed by atoms with E-state index in [-0.39, 0.29) is 42.5 Å². The van der Waals surface area contributed by atoms with E-state index in [4.69, 9.17) is 9.26 Å². The monoisotopic (exact) mass is 558 g/mol. The largest absolute Gasteiger partial charge is 0.487 e. The molecule has 0 saturated heterocycles. The molecular formula is C28H42N6O6. The molecule has 2 aromatic rings. The number of hydrogen-bond donors (Lipinski definition) is 3. The zero-order valence-corrected chi connectivity index (χ0v) is 24.5. The van der Waals surface area contributed by atoms with Crippen LogP contribution in [0.15, 0.2) is 22.7 Å². The van der Waals surface area contributed by atoms with Crippen molar-refractivity contribution in [2.24, 2.45) is 5.92 Å². The molecule has 0 radical (unpaired) electrons. The van der Waals surface area contributed by atoms with Crippen molar-refractivity contribution in [2.75, 3.05) is 58.0 Å². The fourth-order valence-electron chi connectivity index (χ4n) is 4.51. The molecule has 1 aliphatic rings. The number of ether oxygens (including phenoxy) is 1. The minimum atomic E-state index is -0.466. The number of hydrogen-bond acceptors (Lipinski definition) is 8. The van der Waals surface area contributed by atoms with Crippen LogP contribution in [0.2, 0.25) is 0 Å². The number of amides is 4. The highest BCUT2D eigenvalue weighted by Crippen LogP contribution is 2.31. The van der Waals surface area contributed by atoms with Gasteiger partial charge in [-0.3, -0.25) is 9.59 Å². The van der Waals surface area contributed by atoms with Crippen molar-refractivity contribution in [1.82, 2.24) is 19.9 Å². The van der Waals surface area contributed by atoms with Crippen molar-refractivity contribution in [2.45, 2.75) is 52.7 Å². The second kappa shape index (κ2) is 13.6. The van der Waals surface area contributed by atoms with Crippen molar-refractivity contribution < 1.29 is 28.8 Å². The molecule has 3 rings (SSSR count). The number of carbonyl (C=O) groups excluding carboxylic acids is 3. The number of urea groups is 1. The van der Waals surface area contributed by atoms with Crippen LogP contribution in [0.1, 0.15) is 48.5 Å². The van der Waals surface area contributed by atoms with Gasteiger partial charge in [0.2, 0.25) is 5.91 Å². The Kier molecular flexibility index (Phi) is 10.5. The smallest absolute Gasteiger partial charge is 0.321 e. The first-order valence-electron chi connectivity index (χ1n) is 13.5. The van der Waals surface area contributed by atoms with E-state index in [0.29, 0.717) is 48.0 Å². The fraction of sp³-hybridized carbons (Fsp3) is 0.571. The minimum absolute atomic E-state index is 0.140. The van der Waals surface area contributed by atoms with E-state index in [9.17, 15) is 19.5 Å². The number of aryl methyl sites for hydroxylation is 2. The SMILES string of the molecule is Cc1noc(C)c1NC(=O)N(C)C[C@@H]1Oc2ccc(NC(=O)CCCN(C)C)cc2C(=O)N([C@@H](C)CO)C[C@@H]1C. The second-order valence-electron chi connectivity index (χ2n) is 10.8. The summed E-state index contributed by atoms with van der Waals surface area (Å²) in [6.07, 6.45) is 0.604. The number of nitrogens with one attached hydrogen (secondary N) is 2. The van der Waals surface area contributed by atoms with Crippen LogP contribution < -0.4 is 15.4 Å². The number of carbonyl (C=O) groups is 3. The van der Waals surface area contributed by atoms with Crippen LogP contribution in [-0.2, 0) is 4.79 Å². The van der Waals surface area contributed by atoms with Crippen molar-refractivity contribution in [3.8, 4) is 5.75 Å². The Bertz CT molecular complexity index is 1180. The van der Waals surface area contributed by atoms with Crippen LogP contribution in [-0.4, -0.2) is 102 Å². The molecule has 12 nitrogen and oxygen atoms in total. The van der Waals surface area contributed by atoms with Crippen LogP contribution in [0.4, 0.5) is 16.2 Å². The summed E-state index contributed by atoms with van der Waals surface area (Å²) in [4.78, 5) is 44.2. The van der Waals surface area contributed by atoms with Gasteiger partial charge >= 0.3 is 6.03 Å². The molecule has 1 aromatic heterocycles. The van der Waals surface area contributed by atoms with Gasteiger partial charge in [-0.15, -0.1) is 0 Å². The van der Waals surface area contributed by atoms with Gasteiger partial charge in [0.05, 0.1) is 24.8 Å². The van der Waals surface area contributed by atoms with Gasteiger partial charge < -0.3 is 39.7 Å². The standard InChI is InChI=1S/C28H42N6O6/c1-17-14-34(18(2)16-35)27(37)22-13-21(29-25(36)9-8-12-32(5)6)10-11-23(22)39-24(17)15-33(7)28(38)30-26-19(3)31-40-20(26)4/h10-11,13,17-18,24,35H,8-9,12,14-16H2,1-7H3,(H,29,36)(H,30,38)/t17-,18-,24-/m0/s1. The summed E-state index contributed by atoms with van der Waals surface area (Å²) in [5, 5.41) is 19.5. The molecule has 0 unspecified atom stereocenters. The highest BCUT2D eigenvalue weighted by molar-refractivity contribution is 6.00. The molecule has 4 amide bonds. The van der Waals surface area contributed by atoms with Crippen LogP contribution in [0, 0.1) is 19.8 Å². The lowest BCUT2D eigenvalue weighted by atomic mass is 9.99. The van der Waals surface area contributed by atoms with Gasteiger partial charge in [0.1, 0.15) is 23.2 Å². The van der Waals surface area contributed by atoms with Crippen LogP contribution in [0.5, 0.6) is 5.75 Å². The van der Waals surface area contributed by atoms with E-state index >= 15 is 0 Å². The first kappa shape index (κ1) is 30.9. The van der Waals surface area contributed by atoms with E-state index in [0.717, 1.165) is 6.54 Å². The zero-order valence-electron chi connectivity index (χ0n) is 24.5. The number of fused-ring (bicyclic) bond motifs is 1. The van der Waals surface area contributed by atoms with Gasteiger partial charge in [-0.2, -0.15) is 0 Å². The third-order valence-electron chi connectivity index (χ3n) is 7.02. The maximum absolute atomic E-state index is 13.6. The molecule has 2 heterocycles. The fourth-order valence-corrected chi connectivity index (χ4v) is 4.51. The van der Waals surface area contributed by atoms with E-state index in [1.807, 2.05) is 25.9 Å². The summed E-state index contributed by atoms with van der Waals surface area (Å²) in [6.45, 7) is 8.33. The third-order valence-corrected chi connectivity index (χ3v) is 7.02. The molecule has 12 heteroatoms. The lowest BCUT2D eigenvalue weighted by Crippen LogP contribution is -2.50. The number of benzene rings is 1. The number of aromatic nitrogens is 1. The van der Waals surface area contributed by atoms with Crippen molar-refractivity contribution >= 4 is 29.2 Å². The quantitative estimate of drug-likeness (QED) is 0.404. The molecule has 220 valence electrons. The Balaban J connectivity index is 1.82. The summed E-state index contributed by atoms with van der Waals surface area (Å²) in [5.74, 6) is 0.254. The maximum atomic E-state index is 13.6. The van der Waals surface area contributed by atoms with Gasteiger partial charge in [-0.1, -0.05) is 12.1 Å². The van der Waals surface area contributed by atoms with Crippen LogP contribution >= 0.6 is 0 Å². The number of anilines is 2. The topological polar surface area (TPSA) is 140 Å². The maximum Gasteiger partial charge on any atom is 0.321 e. The summed E-state index contributed by atoms with van der Waals surface area (Å²) in [7, 11) is 5.57. The van der Waals surface area contributed by atoms with Gasteiger partial charge in [0.25, 0.3) is 5.91 Å². The average molecular weight is 559 g/mol. The molecule has 3 N–H and O–H groups in total. The molecular weight excluding hydrogens is 516 g/mol. The van der Waals surface area contributed by atoms with Crippen LogP contribution in [0.3, 0.4) is 0 Å². The molecule has 0 fully saturated rings. The predicted octanol–water partition coefficient (Wildman–Crippen LogP) is 2.96. The van der Waals surface area contributed by atoms with Crippen molar-refractivity contribution in [3.63, 3.8) is 0 Å². The number of rotatable bonds is 10. The predicted molar refractivity (Wildman–Crippen MR) is 152 cm³/mol. The van der Waals surface area contributed by atoms with Gasteiger partial charge in [-0.25, -0.2) is 4.79 Å². The Hall–Kier alpha value is -3.64. The molecule has 0 spiro atoms. The van der Waals surface area contributed by atoms with Crippen molar-refractivity contribution in [1.29, 1.82) is 0 Å². The summed E-state index contributed by atoms with van der Waals surface area (Å²) < 4.78 is 11.5. The molecule has 0 bridgehead atoms. The van der Waals surface area contributed by atoms with E-state index in [1.165, 1.54) is 4.90 Å². The lowest BCUT2D eigenvalue weighted by Gasteiger charge is -2.38. The average Bonchev–Trinajstić information content (AvgIpc) is 3.22. The first-order valence-corrected chi connectivity index (χ1v) is 13.5. The lowest BCUT2D eigenvalue weighted by molar-refractivity contribution is -0.116. The number of nitrogens with zero attached hydrogens (tertiary/aromatic N) is 4. The third kappa shape index (κ3) is 7.72. The molecule has 0 saturated carbocycles. The Morgan fingerprint density at radius 1 is 1.23 bits per heavy atom. The zero-order chi connectivity index (χ0) is 29.6. The molecule has 1 aromatic carbocycles. The van der Waals surface area contributed by atoms with Crippen LogP contribution in [0.25, 0.3) is 0 Å². The number of likely N-dealkylation sites (N-methyl/N-ethyl adjacent to an activating group) is 1. The van der Waals surface area contributed by atoms with Crippen molar-refractivity contribution in [3.05, 3.63) is 35.2 Å². The summed E-state index contributed by atoms with van der Waals surface area (Å²) in [6, 6.07) is 4.19. The first-order chi connectivity index (χ1) is 18.9. The van der Waals surface area contributed by atoms with Gasteiger partial charge in [0.15, 0.2) is 5.76 Å². The molecule has 40 heavy (non-hydrogen) atoms. The molecule has 3 atom stereocenters.